The van der Waals surface area contributed by atoms with Gasteiger partial charge in [-0.1, -0.05) is 0 Å². The Morgan fingerprint density at radius 1 is 1.75 bits per heavy atom. The van der Waals surface area contributed by atoms with Gasteiger partial charge in [0.05, 0.1) is 12.7 Å². The fraction of sp³-hybridized carbons (Fsp3) is 1.00. The second kappa shape index (κ2) is 5.00. The molecule has 0 spiro atoms. The van der Waals surface area contributed by atoms with Gasteiger partial charge in [-0.2, -0.15) is 0 Å². The van der Waals surface area contributed by atoms with Crippen molar-refractivity contribution in [3.8, 4) is 0 Å². The number of ether oxygens (including phenoxy) is 1. The van der Waals surface area contributed by atoms with E-state index < -0.39 is 0 Å². The zero-order valence-electron chi connectivity index (χ0n) is 6.97. The minimum atomic E-state index is 0. The summed E-state index contributed by atoms with van der Waals surface area (Å²) < 4.78 is 5.05. The van der Waals surface area contributed by atoms with Crippen LogP contribution in [0, 0.1) is 0 Å². The van der Waals surface area contributed by atoms with E-state index in [1.54, 1.807) is 0 Å². The van der Waals surface area contributed by atoms with Gasteiger partial charge in [-0.15, -0.1) is 0 Å². The van der Waals surface area contributed by atoms with E-state index in [0.717, 1.165) is 19.4 Å². The third-order valence-corrected chi connectivity index (χ3v) is 1.23. The van der Waals surface area contributed by atoms with Gasteiger partial charge in [0.25, 0.3) is 0 Å². The number of aliphatic hydroxyl groups is 1. The summed E-state index contributed by atoms with van der Waals surface area (Å²) in [5.74, 6) is 0. The van der Waals surface area contributed by atoms with Gasteiger partial charge in [-0.25, -0.2) is 0 Å². The molecule has 0 aliphatic carbocycles. The van der Waals surface area contributed by atoms with E-state index >= 15 is 0 Å². The summed E-state index contributed by atoms with van der Waals surface area (Å²) in [6.07, 6.45) is 2.31. The second-order valence-corrected chi connectivity index (χ2v) is 1.82. The first-order valence-electron chi connectivity index (χ1n) is 2.66. The Morgan fingerprint density at radius 2 is 2.50 bits per heavy atom. The van der Waals surface area contributed by atoms with Crippen LogP contribution in [0.3, 0.4) is 0 Å². The molecule has 0 radical (unpaired) electrons. The topological polar surface area (TPSA) is 29.5 Å². The number of hydrogen-bond donors (Lipinski definition) is 1. The summed E-state index contributed by atoms with van der Waals surface area (Å²) in [6.45, 7) is 1.03. The first kappa shape index (κ1) is 9.18. The van der Waals surface area contributed by atoms with Crippen LogP contribution >= 0.6 is 0 Å². The van der Waals surface area contributed by atoms with E-state index in [1.807, 2.05) is 0 Å². The SMILES string of the molecule is OCC1CCCO1.[Ca+2].[H-].[H-]. The van der Waals surface area contributed by atoms with Crippen LogP contribution < -0.4 is 0 Å². The van der Waals surface area contributed by atoms with E-state index in [1.165, 1.54) is 0 Å². The summed E-state index contributed by atoms with van der Waals surface area (Å²) in [5.41, 5.74) is 0. The molecule has 0 saturated carbocycles. The molecule has 0 aromatic rings. The molecule has 1 heterocycles. The van der Waals surface area contributed by atoms with Crippen LogP contribution in [-0.2, 0) is 4.74 Å². The monoisotopic (exact) mass is 144 g/mol. The van der Waals surface area contributed by atoms with Crippen LogP contribution in [0.1, 0.15) is 15.7 Å². The molecular weight excluding hydrogens is 132 g/mol. The van der Waals surface area contributed by atoms with Gasteiger partial charge in [0.1, 0.15) is 0 Å². The number of hydrogen-bond acceptors (Lipinski definition) is 2. The summed E-state index contributed by atoms with van der Waals surface area (Å²) in [5, 5.41) is 8.44. The third kappa shape index (κ3) is 2.65. The Kier molecular flexibility index (Phi) is 5.74. The molecular formula is C5H12CaO2. The van der Waals surface area contributed by atoms with Crippen molar-refractivity contribution in [3.05, 3.63) is 0 Å². The van der Waals surface area contributed by atoms with Crippen molar-refractivity contribution in [1.29, 1.82) is 0 Å². The second-order valence-electron chi connectivity index (χ2n) is 1.82. The zero-order valence-corrected chi connectivity index (χ0v) is 7.18. The van der Waals surface area contributed by atoms with Crippen LogP contribution in [0.2, 0.25) is 0 Å². The Hall–Kier alpha value is 1.18. The molecule has 0 bridgehead atoms. The van der Waals surface area contributed by atoms with Gasteiger partial charge in [-0.3, -0.25) is 0 Å². The summed E-state index contributed by atoms with van der Waals surface area (Å²) >= 11 is 0. The van der Waals surface area contributed by atoms with E-state index in [4.69, 9.17) is 9.84 Å². The normalized spacial score (nSPS) is 27.4. The Bertz CT molecular complexity index is 59.6. The maximum atomic E-state index is 8.44. The molecule has 1 aliphatic heterocycles. The van der Waals surface area contributed by atoms with Crippen molar-refractivity contribution in [2.75, 3.05) is 13.2 Å². The average Bonchev–Trinajstić information content (AvgIpc) is 2.14. The van der Waals surface area contributed by atoms with Crippen molar-refractivity contribution >= 4 is 37.7 Å². The third-order valence-electron chi connectivity index (χ3n) is 1.23. The van der Waals surface area contributed by atoms with Crippen LogP contribution in [0.15, 0.2) is 0 Å². The van der Waals surface area contributed by atoms with Crippen molar-refractivity contribution in [2.45, 2.75) is 18.9 Å². The average molecular weight is 144 g/mol. The van der Waals surface area contributed by atoms with Gasteiger partial charge in [0, 0.05) is 6.61 Å². The molecule has 0 aromatic heterocycles. The van der Waals surface area contributed by atoms with E-state index in [2.05, 4.69) is 0 Å². The smallest absolute Gasteiger partial charge is 1.00 e. The fourth-order valence-corrected chi connectivity index (χ4v) is 0.788. The van der Waals surface area contributed by atoms with Gasteiger partial charge in [0.15, 0.2) is 0 Å². The Balaban J connectivity index is -0.000000163. The van der Waals surface area contributed by atoms with Gasteiger partial charge in [-0.05, 0) is 12.8 Å². The van der Waals surface area contributed by atoms with Crippen LogP contribution in [-0.4, -0.2) is 62.2 Å². The minimum absolute atomic E-state index is 0. The molecule has 1 rings (SSSR count). The Labute approximate surface area is 82.2 Å². The minimum Gasteiger partial charge on any atom is -1.00 e. The maximum absolute atomic E-state index is 8.44. The summed E-state index contributed by atoms with van der Waals surface area (Å²) in [6, 6.07) is 0. The van der Waals surface area contributed by atoms with Gasteiger partial charge >= 0.3 is 37.7 Å². The molecule has 1 fully saturated rings. The molecule has 2 nitrogen and oxygen atoms in total. The molecule has 0 aromatic carbocycles. The quantitative estimate of drug-likeness (QED) is 0.525. The van der Waals surface area contributed by atoms with Crippen molar-refractivity contribution in [1.82, 2.24) is 0 Å². The van der Waals surface area contributed by atoms with Crippen molar-refractivity contribution in [3.63, 3.8) is 0 Å². The van der Waals surface area contributed by atoms with Crippen LogP contribution in [0.4, 0.5) is 0 Å². The predicted molar refractivity (Wildman–Crippen MR) is 34.0 cm³/mol. The fourth-order valence-electron chi connectivity index (χ4n) is 0.788. The first-order valence-corrected chi connectivity index (χ1v) is 2.66. The molecule has 1 saturated heterocycles. The zero-order chi connectivity index (χ0) is 5.11. The van der Waals surface area contributed by atoms with Gasteiger partial charge in [0.2, 0.25) is 0 Å². The molecule has 0 amide bonds. The summed E-state index contributed by atoms with van der Waals surface area (Å²) in [4.78, 5) is 0. The number of aliphatic hydroxyl groups excluding tert-OH is 1. The number of rotatable bonds is 1. The standard InChI is InChI=1S/C5H10O2.Ca.2H/c6-4-5-2-1-3-7-5;;;/h5-6H,1-4H2;;;/q;+2;2*-1. The Morgan fingerprint density at radius 3 is 2.75 bits per heavy atom. The summed E-state index contributed by atoms with van der Waals surface area (Å²) in [7, 11) is 0. The van der Waals surface area contributed by atoms with Gasteiger partial charge < -0.3 is 12.7 Å². The van der Waals surface area contributed by atoms with Crippen molar-refractivity contribution in [2.24, 2.45) is 0 Å². The maximum Gasteiger partial charge on any atom is 2.00 e. The van der Waals surface area contributed by atoms with E-state index in [0.29, 0.717) is 0 Å². The van der Waals surface area contributed by atoms with Crippen LogP contribution in [0.5, 0.6) is 0 Å². The van der Waals surface area contributed by atoms with E-state index in [-0.39, 0.29) is 53.3 Å². The van der Waals surface area contributed by atoms with Crippen molar-refractivity contribution < 1.29 is 12.7 Å². The first-order chi connectivity index (χ1) is 3.43. The largest absolute Gasteiger partial charge is 2.00 e. The predicted octanol–water partition coefficient (Wildman–Crippen LogP) is 0.00190. The van der Waals surface area contributed by atoms with Crippen LogP contribution in [0.25, 0.3) is 0 Å². The molecule has 8 heavy (non-hydrogen) atoms. The molecule has 1 unspecified atom stereocenters. The molecule has 1 atom stereocenters. The molecule has 46 valence electrons. The molecule has 3 heteroatoms. The molecule has 1 N–H and O–H groups in total. The van der Waals surface area contributed by atoms with E-state index in [9.17, 15) is 0 Å². The molecule has 1 aliphatic rings.